The predicted octanol–water partition coefficient (Wildman–Crippen LogP) is -1.20. The summed E-state index contributed by atoms with van der Waals surface area (Å²) in [5, 5.41) is 21.6. The van der Waals surface area contributed by atoms with Crippen LogP contribution >= 0.6 is 0 Å². The first-order chi connectivity index (χ1) is 5.74. The van der Waals surface area contributed by atoms with Crippen molar-refractivity contribution in [2.24, 2.45) is 0 Å². The Morgan fingerprint density at radius 1 is 1.83 bits per heavy atom. The van der Waals surface area contributed by atoms with Crippen LogP contribution in [0, 0.1) is 0 Å². The molecule has 0 saturated carbocycles. The molecule has 1 aromatic heterocycles. The van der Waals surface area contributed by atoms with E-state index in [0.717, 1.165) is 0 Å². The Hall–Kier alpha value is -1.50. The number of carbonyl (C=O) groups excluding carboxylic acids is 1. The maximum atomic E-state index is 10.6. The van der Waals surface area contributed by atoms with Crippen molar-refractivity contribution < 1.29 is 14.6 Å². The summed E-state index contributed by atoms with van der Waals surface area (Å²) < 4.78 is 4.33. The molecule has 12 heavy (non-hydrogen) atoms. The number of nitrogens with zero attached hydrogens (tertiary/aromatic N) is 3. The number of carbonyl (C=O) groups is 1. The number of tetrazole rings is 1. The first kappa shape index (κ1) is 8.60. The lowest BCUT2D eigenvalue weighted by molar-refractivity contribution is -0.143. The van der Waals surface area contributed by atoms with E-state index in [9.17, 15) is 9.90 Å². The van der Waals surface area contributed by atoms with Crippen molar-refractivity contribution in [1.82, 2.24) is 20.6 Å². The van der Waals surface area contributed by atoms with Crippen molar-refractivity contribution in [3.63, 3.8) is 0 Å². The van der Waals surface area contributed by atoms with Crippen LogP contribution in [0.25, 0.3) is 0 Å². The quantitative estimate of drug-likeness (QED) is 0.555. The van der Waals surface area contributed by atoms with Crippen LogP contribution in [-0.2, 0) is 9.53 Å². The van der Waals surface area contributed by atoms with Crippen LogP contribution in [0.4, 0.5) is 0 Å². The average molecular weight is 172 g/mol. The molecule has 0 aliphatic carbocycles. The lowest BCUT2D eigenvalue weighted by Gasteiger charge is -2.02. The van der Waals surface area contributed by atoms with Gasteiger partial charge in [-0.2, -0.15) is 5.21 Å². The number of H-pyrrole nitrogens is 1. The molecule has 1 heterocycles. The second kappa shape index (κ2) is 3.77. The first-order valence-electron chi connectivity index (χ1n) is 3.22. The summed E-state index contributed by atoms with van der Waals surface area (Å²) in [5.74, 6) is -0.437. The van der Waals surface area contributed by atoms with E-state index in [1.807, 2.05) is 0 Å². The largest absolute Gasteiger partial charge is 0.469 e. The van der Waals surface area contributed by atoms with Gasteiger partial charge in [-0.05, 0) is 0 Å². The van der Waals surface area contributed by atoms with Crippen LogP contribution in [-0.4, -0.2) is 38.8 Å². The van der Waals surface area contributed by atoms with Crippen molar-refractivity contribution >= 4 is 5.97 Å². The number of nitrogens with one attached hydrogen (secondary N) is 1. The zero-order valence-corrected chi connectivity index (χ0v) is 6.39. The first-order valence-corrected chi connectivity index (χ1v) is 3.22. The third-order valence-electron chi connectivity index (χ3n) is 1.25. The molecule has 0 saturated heterocycles. The van der Waals surface area contributed by atoms with E-state index in [1.54, 1.807) is 0 Å². The van der Waals surface area contributed by atoms with E-state index < -0.39 is 12.1 Å². The van der Waals surface area contributed by atoms with Crippen molar-refractivity contribution in [3.05, 3.63) is 5.82 Å². The summed E-state index contributed by atoms with van der Waals surface area (Å²) in [6, 6.07) is 0. The number of rotatable bonds is 3. The third-order valence-corrected chi connectivity index (χ3v) is 1.25. The zero-order chi connectivity index (χ0) is 8.97. The number of methoxy groups -OCH3 is 1. The number of hydrogen-bond acceptors (Lipinski definition) is 6. The van der Waals surface area contributed by atoms with E-state index in [0.29, 0.717) is 0 Å². The Kier molecular flexibility index (Phi) is 2.70. The molecule has 7 nitrogen and oxygen atoms in total. The minimum atomic E-state index is -1.06. The van der Waals surface area contributed by atoms with E-state index in [-0.39, 0.29) is 12.2 Å². The monoisotopic (exact) mass is 172 g/mol. The highest BCUT2D eigenvalue weighted by molar-refractivity contribution is 5.69. The number of aromatic amines is 1. The Balaban J connectivity index is 2.49. The fourth-order valence-electron chi connectivity index (χ4n) is 0.643. The lowest BCUT2D eigenvalue weighted by atomic mass is 10.2. The summed E-state index contributed by atoms with van der Waals surface area (Å²) in [7, 11) is 1.24. The molecule has 2 N–H and O–H groups in total. The summed E-state index contributed by atoms with van der Waals surface area (Å²) in [6.07, 6.45) is -1.23. The zero-order valence-electron chi connectivity index (χ0n) is 6.39. The maximum Gasteiger partial charge on any atom is 0.308 e. The van der Waals surface area contributed by atoms with Gasteiger partial charge in [0.2, 0.25) is 5.82 Å². The second-order valence-electron chi connectivity index (χ2n) is 2.07. The highest BCUT2D eigenvalue weighted by atomic mass is 16.5. The van der Waals surface area contributed by atoms with Crippen molar-refractivity contribution in [1.29, 1.82) is 0 Å². The normalized spacial score (nSPS) is 12.5. The van der Waals surface area contributed by atoms with Crippen LogP contribution in [0.15, 0.2) is 0 Å². The fourth-order valence-corrected chi connectivity index (χ4v) is 0.643. The molecule has 0 aliphatic rings. The molecule has 0 aromatic carbocycles. The lowest BCUT2D eigenvalue weighted by Crippen LogP contribution is -2.09. The topological polar surface area (TPSA) is 101 Å². The van der Waals surface area contributed by atoms with E-state index in [4.69, 9.17) is 0 Å². The highest BCUT2D eigenvalue weighted by Crippen LogP contribution is 2.09. The maximum absolute atomic E-state index is 10.6. The van der Waals surface area contributed by atoms with Crippen LogP contribution in [0.2, 0.25) is 0 Å². The molecule has 1 unspecified atom stereocenters. The van der Waals surface area contributed by atoms with Crippen molar-refractivity contribution in [2.45, 2.75) is 12.5 Å². The molecule has 0 spiro atoms. The second-order valence-corrected chi connectivity index (χ2v) is 2.07. The van der Waals surface area contributed by atoms with E-state index in [1.165, 1.54) is 7.11 Å². The van der Waals surface area contributed by atoms with E-state index in [2.05, 4.69) is 25.4 Å². The van der Waals surface area contributed by atoms with Gasteiger partial charge in [0.1, 0.15) is 6.10 Å². The minimum Gasteiger partial charge on any atom is -0.469 e. The number of hydrogen-bond donors (Lipinski definition) is 2. The van der Waals surface area contributed by atoms with Gasteiger partial charge in [-0.1, -0.05) is 5.21 Å². The van der Waals surface area contributed by atoms with Crippen LogP contribution in [0.5, 0.6) is 0 Å². The van der Waals surface area contributed by atoms with E-state index >= 15 is 0 Å². The Bertz CT molecular complexity index is 247. The van der Waals surface area contributed by atoms with Crippen LogP contribution in [0.3, 0.4) is 0 Å². The van der Waals surface area contributed by atoms with Gasteiger partial charge in [-0.3, -0.25) is 4.79 Å². The Morgan fingerprint density at radius 3 is 3.08 bits per heavy atom. The SMILES string of the molecule is COC(=O)CC(O)c1nn[nH]n1. The van der Waals surface area contributed by atoms with Crippen LogP contribution < -0.4 is 0 Å². The summed E-state index contributed by atoms with van der Waals surface area (Å²) >= 11 is 0. The fraction of sp³-hybridized carbons (Fsp3) is 0.600. The van der Waals surface area contributed by atoms with Gasteiger partial charge in [0.25, 0.3) is 0 Å². The number of aliphatic hydroxyl groups excluding tert-OH is 1. The van der Waals surface area contributed by atoms with Gasteiger partial charge >= 0.3 is 5.97 Å². The van der Waals surface area contributed by atoms with Crippen molar-refractivity contribution in [3.8, 4) is 0 Å². The number of aromatic nitrogens is 4. The van der Waals surface area contributed by atoms with Gasteiger partial charge in [-0.15, -0.1) is 10.2 Å². The molecule has 0 aliphatic heterocycles. The van der Waals surface area contributed by atoms with Crippen molar-refractivity contribution in [2.75, 3.05) is 7.11 Å². The van der Waals surface area contributed by atoms with Gasteiger partial charge in [-0.25, -0.2) is 0 Å². The summed E-state index contributed by atoms with van der Waals surface area (Å²) in [6.45, 7) is 0. The number of aliphatic hydroxyl groups is 1. The summed E-state index contributed by atoms with van der Waals surface area (Å²) in [5.41, 5.74) is 0. The molecule has 1 aromatic rings. The molecule has 0 radical (unpaired) electrons. The summed E-state index contributed by atoms with van der Waals surface area (Å²) in [4.78, 5) is 10.6. The average Bonchev–Trinajstić information content (AvgIpc) is 2.56. The molecular weight excluding hydrogens is 164 g/mol. The van der Waals surface area contributed by atoms with Gasteiger partial charge < -0.3 is 9.84 Å². The van der Waals surface area contributed by atoms with Gasteiger partial charge in [0.15, 0.2) is 0 Å². The predicted molar refractivity (Wildman–Crippen MR) is 35.8 cm³/mol. The molecule has 0 bridgehead atoms. The Labute approximate surface area is 67.7 Å². The molecular formula is C5H8N4O3. The molecule has 7 heteroatoms. The van der Waals surface area contributed by atoms with Crippen LogP contribution in [0.1, 0.15) is 18.3 Å². The van der Waals surface area contributed by atoms with Gasteiger partial charge in [0, 0.05) is 0 Å². The molecule has 66 valence electrons. The number of esters is 1. The molecule has 1 atom stereocenters. The Morgan fingerprint density at radius 2 is 2.58 bits per heavy atom. The highest BCUT2D eigenvalue weighted by Gasteiger charge is 2.16. The third kappa shape index (κ3) is 1.99. The smallest absolute Gasteiger partial charge is 0.308 e. The molecule has 0 fully saturated rings. The minimum absolute atomic E-state index is 0.0837. The standard InChI is InChI=1S/C5H8N4O3/c1-12-4(11)2-3(10)5-6-8-9-7-5/h3,10H,2H2,1H3,(H,6,7,8,9). The molecule has 0 amide bonds. The number of ether oxygens (including phenoxy) is 1. The van der Waals surface area contributed by atoms with Gasteiger partial charge in [0.05, 0.1) is 13.5 Å². The molecule has 1 rings (SSSR count).